The van der Waals surface area contributed by atoms with Crippen molar-refractivity contribution in [3.05, 3.63) is 59.1 Å². The van der Waals surface area contributed by atoms with Gasteiger partial charge in [0.25, 0.3) is 5.91 Å². The predicted octanol–water partition coefficient (Wildman–Crippen LogP) is 4.15. The van der Waals surface area contributed by atoms with Crippen LogP contribution in [-0.2, 0) is 13.6 Å². The maximum Gasteiger partial charge on any atom is 0.254 e. The Morgan fingerprint density at radius 3 is 2.70 bits per heavy atom. The Bertz CT molecular complexity index is 1110. The second-order valence-electron chi connectivity index (χ2n) is 6.87. The zero-order chi connectivity index (χ0) is 19.1. The largest absolute Gasteiger partial charge is 0.340 e. The molecule has 0 atom stereocenters. The monoisotopic (exact) mass is 381 g/mol. The van der Waals surface area contributed by atoms with Gasteiger partial charge in [0.2, 0.25) is 5.28 Å². The number of halogens is 1. The number of nitrogens with zero attached hydrogens (tertiary/aromatic N) is 4. The molecule has 2 aromatic heterocycles. The first-order valence-corrected chi connectivity index (χ1v) is 9.18. The highest BCUT2D eigenvalue weighted by Gasteiger charge is 2.21. The number of aryl methyl sites for hydroxylation is 1. The molecular formula is C20H20ClN5O. The number of imidazole rings is 2. The van der Waals surface area contributed by atoms with Gasteiger partial charge in [0.15, 0.2) is 0 Å². The Morgan fingerprint density at radius 2 is 1.96 bits per heavy atom. The third-order valence-electron chi connectivity index (χ3n) is 4.72. The zero-order valence-electron chi connectivity index (χ0n) is 15.4. The molecule has 2 heterocycles. The van der Waals surface area contributed by atoms with E-state index in [9.17, 15) is 4.79 Å². The summed E-state index contributed by atoms with van der Waals surface area (Å²) in [4.78, 5) is 27.1. The molecule has 1 N–H and O–H groups in total. The van der Waals surface area contributed by atoms with Crippen molar-refractivity contribution in [1.29, 1.82) is 0 Å². The standard InChI is InChI=1S/C20H20ClN5O/c1-12(2)26(11-18-22-14-6-4-5-7-15(14)23-18)19(27)13-8-9-17-16(10-13)24-20(21)25(17)3/h4-10,12H,11H2,1-3H3,(H,22,23). The maximum atomic E-state index is 13.2. The number of amides is 1. The molecule has 1 amide bonds. The number of carbonyl (C=O) groups excluding carboxylic acids is 1. The van der Waals surface area contributed by atoms with Crippen LogP contribution in [0.5, 0.6) is 0 Å². The van der Waals surface area contributed by atoms with Crippen LogP contribution in [0.3, 0.4) is 0 Å². The van der Waals surface area contributed by atoms with E-state index < -0.39 is 0 Å². The van der Waals surface area contributed by atoms with Crippen LogP contribution in [0.25, 0.3) is 22.1 Å². The highest BCUT2D eigenvalue weighted by atomic mass is 35.5. The van der Waals surface area contributed by atoms with Gasteiger partial charge in [0, 0.05) is 18.7 Å². The molecule has 0 aliphatic carbocycles. The number of para-hydroxylation sites is 2. The summed E-state index contributed by atoms with van der Waals surface area (Å²) in [6, 6.07) is 13.3. The minimum absolute atomic E-state index is 0.0220. The molecule has 0 saturated carbocycles. The minimum atomic E-state index is -0.0610. The molecule has 0 saturated heterocycles. The maximum absolute atomic E-state index is 13.2. The van der Waals surface area contributed by atoms with Crippen LogP contribution in [-0.4, -0.2) is 36.4 Å². The molecule has 7 heteroatoms. The molecular weight excluding hydrogens is 362 g/mol. The predicted molar refractivity (Wildman–Crippen MR) is 107 cm³/mol. The average Bonchev–Trinajstić information content (AvgIpc) is 3.19. The molecule has 0 aliphatic rings. The van der Waals surface area contributed by atoms with E-state index in [2.05, 4.69) is 15.0 Å². The van der Waals surface area contributed by atoms with Crippen molar-refractivity contribution >= 4 is 39.6 Å². The SMILES string of the molecule is CC(C)N(Cc1nc2ccccc2[nH]1)C(=O)c1ccc2c(c1)nc(Cl)n2C. The molecule has 27 heavy (non-hydrogen) atoms. The van der Waals surface area contributed by atoms with Crippen LogP contribution in [0.1, 0.15) is 30.0 Å². The van der Waals surface area contributed by atoms with Gasteiger partial charge in [-0.25, -0.2) is 9.97 Å². The smallest absolute Gasteiger partial charge is 0.254 e. The van der Waals surface area contributed by atoms with Gasteiger partial charge in [-0.3, -0.25) is 4.79 Å². The number of aromatic nitrogens is 4. The van der Waals surface area contributed by atoms with Gasteiger partial charge in [-0.05, 0) is 55.8 Å². The molecule has 4 aromatic rings. The first-order chi connectivity index (χ1) is 12.9. The van der Waals surface area contributed by atoms with Crippen molar-refractivity contribution in [3.8, 4) is 0 Å². The van der Waals surface area contributed by atoms with E-state index in [1.165, 1.54) is 0 Å². The second kappa shape index (κ2) is 6.70. The zero-order valence-corrected chi connectivity index (χ0v) is 16.2. The Morgan fingerprint density at radius 1 is 1.19 bits per heavy atom. The molecule has 0 aliphatic heterocycles. The third kappa shape index (κ3) is 3.17. The molecule has 138 valence electrons. The number of hydrogen-bond acceptors (Lipinski definition) is 3. The molecule has 6 nitrogen and oxygen atoms in total. The molecule has 0 fully saturated rings. The number of H-pyrrole nitrogens is 1. The minimum Gasteiger partial charge on any atom is -0.340 e. The fourth-order valence-electron chi connectivity index (χ4n) is 3.20. The fourth-order valence-corrected chi connectivity index (χ4v) is 3.38. The number of benzene rings is 2. The van der Waals surface area contributed by atoms with Gasteiger partial charge in [0.05, 0.1) is 28.6 Å². The Hall–Kier alpha value is -2.86. The van der Waals surface area contributed by atoms with E-state index in [-0.39, 0.29) is 11.9 Å². The highest BCUT2D eigenvalue weighted by Crippen LogP contribution is 2.21. The number of aromatic amines is 1. The van der Waals surface area contributed by atoms with Gasteiger partial charge < -0.3 is 14.5 Å². The summed E-state index contributed by atoms with van der Waals surface area (Å²) in [6.07, 6.45) is 0. The lowest BCUT2D eigenvalue weighted by Crippen LogP contribution is -2.36. The highest BCUT2D eigenvalue weighted by molar-refractivity contribution is 6.29. The summed E-state index contributed by atoms with van der Waals surface area (Å²) < 4.78 is 1.79. The van der Waals surface area contributed by atoms with E-state index in [4.69, 9.17) is 11.6 Å². The van der Waals surface area contributed by atoms with Gasteiger partial charge in [-0.2, -0.15) is 0 Å². The Labute approximate surface area is 161 Å². The first kappa shape index (κ1) is 17.5. The summed E-state index contributed by atoms with van der Waals surface area (Å²) in [5, 5.41) is 0.401. The lowest BCUT2D eigenvalue weighted by Gasteiger charge is -2.26. The van der Waals surface area contributed by atoms with Crippen LogP contribution in [0.4, 0.5) is 0 Å². The van der Waals surface area contributed by atoms with Gasteiger partial charge in [0.1, 0.15) is 5.82 Å². The average molecular weight is 382 g/mol. The number of nitrogens with one attached hydrogen (secondary N) is 1. The lowest BCUT2D eigenvalue weighted by molar-refractivity contribution is 0.0686. The molecule has 0 bridgehead atoms. The number of fused-ring (bicyclic) bond motifs is 2. The van der Waals surface area contributed by atoms with E-state index >= 15 is 0 Å². The van der Waals surface area contributed by atoms with Crippen molar-refractivity contribution < 1.29 is 4.79 Å². The van der Waals surface area contributed by atoms with E-state index in [1.54, 1.807) is 15.5 Å². The summed E-state index contributed by atoms with van der Waals surface area (Å²) in [6.45, 7) is 4.40. The normalized spacial score (nSPS) is 11.6. The Kier molecular flexibility index (Phi) is 4.36. The van der Waals surface area contributed by atoms with Crippen molar-refractivity contribution in [3.63, 3.8) is 0 Å². The molecule has 0 radical (unpaired) electrons. The number of carbonyl (C=O) groups is 1. The molecule has 0 unspecified atom stereocenters. The lowest BCUT2D eigenvalue weighted by atomic mass is 10.1. The second-order valence-corrected chi connectivity index (χ2v) is 7.21. The van der Waals surface area contributed by atoms with Gasteiger partial charge >= 0.3 is 0 Å². The molecule has 0 spiro atoms. The fraction of sp³-hybridized carbons (Fsp3) is 0.250. The van der Waals surface area contributed by atoms with Gasteiger partial charge in [-0.1, -0.05) is 12.1 Å². The number of hydrogen-bond donors (Lipinski definition) is 1. The topological polar surface area (TPSA) is 66.8 Å². The Balaban J connectivity index is 1.66. The van der Waals surface area contributed by atoms with Crippen LogP contribution in [0.15, 0.2) is 42.5 Å². The van der Waals surface area contributed by atoms with Crippen molar-refractivity contribution in [2.45, 2.75) is 26.4 Å². The van der Waals surface area contributed by atoms with E-state index in [0.29, 0.717) is 22.9 Å². The van der Waals surface area contributed by atoms with E-state index in [0.717, 1.165) is 22.4 Å². The quantitative estimate of drug-likeness (QED) is 0.577. The third-order valence-corrected chi connectivity index (χ3v) is 5.05. The van der Waals surface area contributed by atoms with Crippen LogP contribution in [0.2, 0.25) is 5.28 Å². The molecule has 4 rings (SSSR count). The van der Waals surface area contributed by atoms with Crippen LogP contribution in [0, 0.1) is 0 Å². The summed E-state index contributed by atoms with van der Waals surface area (Å²) in [5.74, 6) is 0.703. The van der Waals surface area contributed by atoms with Crippen LogP contribution < -0.4 is 0 Å². The first-order valence-electron chi connectivity index (χ1n) is 8.80. The molecule has 2 aromatic carbocycles. The summed E-state index contributed by atoms with van der Waals surface area (Å²) in [5.41, 5.74) is 4.05. The van der Waals surface area contributed by atoms with Crippen LogP contribution >= 0.6 is 11.6 Å². The summed E-state index contributed by atoms with van der Waals surface area (Å²) >= 11 is 6.09. The van der Waals surface area contributed by atoms with Crippen molar-refractivity contribution in [2.75, 3.05) is 0 Å². The number of rotatable bonds is 4. The summed E-state index contributed by atoms with van der Waals surface area (Å²) in [7, 11) is 1.85. The van der Waals surface area contributed by atoms with Gasteiger partial charge in [-0.15, -0.1) is 0 Å². The van der Waals surface area contributed by atoms with E-state index in [1.807, 2.05) is 57.3 Å². The van der Waals surface area contributed by atoms with Crippen molar-refractivity contribution in [2.24, 2.45) is 7.05 Å². The van der Waals surface area contributed by atoms with Crippen molar-refractivity contribution in [1.82, 2.24) is 24.4 Å².